The van der Waals surface area contributed by atoms with E-state index >= 15 is 0 Å². The summed E-state index contributed by atoms with van der Waals surface area (Å²) in [6.45, 7) is 0.318. The van der Waals surface area contributed by atoms with Crippen molar-refractivity contribution in [2.45, 2.75) is 6.42 Å². The molecule has 0 unspecified atom stereocenters. The first-order chi connectivity index (χ1) is 7.94. The van der Waals surface area contributed by atoms with Crippen molar-refractivity contribution in [2.24, 2.45) is 0 Å². The Labute approximate surface area is 99.3 Å². The molecule has 0 amide bonds. The molecule has 0 fully saturated rings. The molecule has 0 spiro atoms. The molecule has 1 aromatic rings. The number of methoxy groups -OCH3 is 1. The van der Waals surface area contributed by atoms with Crippen LogP contribution < -0.4 is 4.72 Å². The second kappa shape index (κ2) is 5.83. The first-order valence-electron chi connectivity index (χ1n) is 4.92. The third-order valence-corrected chi connectivity index (χ3v) is 3.34. The SMILES string of the molecule is COCCCS(=O)(=O)Nc1ccc(O)cc1F. The first-order valence-corrected chi connectivity index (χ1v) is 6.58. The third kappa shape index (κ3) is 4.58. The Hall–Kier alpha value is -1.34. The van der Waals surface area contributed by atoms with Crippen molar-refractivity contribution in [1.82, 2.24) is 0 Å². The molecule has 0 saturated carbocycles. The normalized spacial score (nSPS) is 11.4. The first kappa shape index (κ1) is 13.7. The van der Waals surface area contributed by atoms with Gasteiger partial charge in [0.1, 0.15) is 5.75 Å². The molecule has 0 heterocycles. The quantitative estimate of drug-likeness (QED) is 0.599. The molecule has 1 rings (SSSR count). The fourth-order valence-corrected chi connectivity index (χ4v) is 2.30. The van der Waals surface area contributed by atoms with Gasteiger partial charge in [0.05, 0.1) is 11.4 Å². The predicted octanol–water partition coefficient (Wildman–Crippen LogP) is 1.31. The third-order valence-electron chi connectivity index (χ3n) is 1.98. The lowest BCUT2D eigenvalue weighted by Crippen LogP contribution is -2.18. The van der Waals surface area contributed by atoms with Crippen molar-refractivity contribution >= 4 is 15.7 Å². The van der Waals surface area contributed by atoms with E-state index in [-0.39, 0.29) is 17.2 Å². The standard InChI is InChI=1S/C10H14FNO4S/c1-16-5-2-6-17(14,15)12-10-4-3-8(13)7-9(10)11/h3-4,7,12-13H,2,5-6H2,1H3. The summed E-state index contributed by atoms with van der Waals surface area (Å²) < 4.78 is 43.1. The maximum Gasteiger partial charge on any atom is 0.232 e. The highest BCUT2D eigenvalue weighted by molar-refractivity contribution is 7.92. The molecule has 0 aliphatic carbocycles. The lowest BCUT2D eigenvalue weighted by molar-refractivity contribution is 0.199. The fourth-order valence-electron chi connectivity index (χ4n) is 1.20. The Kier molecular flexibility index (Phi) is 4.71. The van der Waals surface area contributed by atoms with E-state index in [0.717, 1.165) is 6.07 Å². The van der Waals surface area contributed by atoms with E-state index < -0.39 is 15.8 Å². The Bertz CT molecular complexity index is 475. The monoisotopic (exact) mass is 263 g/mol. The van der Waals surface area contributed by atoms with Gasteiger partial charge in [0, 0.05) is 19.8 Å². The number of benzene rings is 1. The average Bonchev–Trinajstić information content (AvgIpc) is 2.22. The highest BCUT2D eigenvalue weighted by atomic mass is 32.2. The second-order valence-corrected chi connectivity index (χ2v) is 5.27. The van der Waals surface area contributed by atoms with Crippen LogP contribution in [0.25, 0.3) is 0 Å². The van der Waals surface area contributed by atoms with Gasteiger partial charge in [0.25, 0.3) is 0 Å². The molecule has 17 heavy (non-hydrogen) atoms. The van der Waals surface area contributed by atoms with E-state index in [2.05, 4.69) is 4.72 Å². The number of ether oxygens (including phenoxy) is 1. The number of anilines is 1. The number of sulfonamides is 1. The average molecular weight is 263 g/mol. The maximum atomic E-state index is 13.3. The summed E-state index contributed by atoms with van der Waals surface area (Å²) in [4.78, 5) is 0. The van der Waals surface area contributed by atoms with Gasteiger partial charge in [-0.25, -0.2) is 12.8 Å². The zero-order chi connectivity index (χ0) is 12.9. The highest BCUT2D eigenvalue weighted by Crippen LogP contribution is 2.20. The number of halogens is 1. The molecule has 0 bridgehead atoms. The van der Waals surface area contributed by atoms with Crippen LogP contribution in [0.5, 0.6) is 5.75 Å². The Morgan fingerprint density at radius 2 is 2.18 bits per heavy atom. The van der Waals surface area contributed by atoms with Gasteiger partial charge < -0.3 is 9.84 Å². The van der Waals surface area contributed by atoms with Crippen molar-refractivity contribution in [1.29, 1.82) is 0 Å². The van der Waals surface area contributed by atoms with Crippen molar-refractivity contribution in [3.63, 3.8) is 0 Å². The number of phenols is 1. The van der Waals surface area contributed by atoms with Crippen LogP contribution in [0.3, 0.4) is 0 Å². The summed E-state index contributed by atoms with van der Waals surface area (Å²) >= 11 is 0. The largest absolute Gasteiger partial charge is 0.508 e. The van der Waals surface area contributed by atoms with E-state index in [0.29, 0.717) is 13.0 Å². The molecule has 0 radical (unpaired) electrons. The zero-order valence-electron chi connectivity index (χ0n) is 9.31. The summed E-state index contributed by atoms with van der Waals surface area (Å²) in [5.41, 5.74) is -0.180. The van der Waals surface area contributed by atoms with E-state index in [1.54, 1.807) is 0 Å². The summed E-state index contributed by atoms with van der Waals surface area (Å²) in [7, 11) is -2.12. The molecule has 5 nitrogen and oxygen atoms in total. The van der Waals surface area contributed by atoms with Gasteiger partial charge in [-0.2, -0.15) is 0 Å². The number of aromatic hydroxyl groups is 1. The minimum atomic E-state index is -3.59. The van der Waals surface area contributed by atoms with Crippen LogP contribution in [-0.4, -0.2) is 33.0 Å². The van der Waals surface area contributed by atoms with Crippen molar-refractivity contribution in [3.8, 4) is 5.75 Å². The number of hydrogen-bond acceptors (Lipinski definition) is 4. The summed E-state index contributed by atoms with van der Waals surface area (Å²) in [5, 5.41) is 8.98. The molecule has 0 aromatic heterocycles. The number of hydrogen-bond donors (Lipinski definition) is 2. The van der Waals surface area contributed by atoms with E-state index in [9.17, 15) is 12.8 Å². The number of phenolic OH excluding ortho intramolecular Hbond substituents is 1. The van der Waals surface area contributed by atoms with Gasteiger partial charge in [-0.05, 0) is 18.6 Å². The second-order valence-electron chi connectivity index (χ2n) is 3.43. The lowest BCUT2D eigenvalue weighted by atomic mass is 10.3. The smallest absolute Gasteiger partial charge is 0.232 e. The molecule has 96 valence electrons. The van der Waals surface area contributed by atoms with E-state index in [4.69, 9.17) is 9.84 Å². The van der Waals surface area contributed by atoms with E-state index in [1.165, 1.54) is 19.2 Å². The maximum absolute atomic E-state index is 13.3. The van der Waals surface area contributed by atoms with Crippen LogP contribution in [-0.2, 0) is 14.8 Å². The summed E-state index contributed by atoms with van der Waals surface area (Å²) in [5.74, 6) is -1.23. The molecule has 0 atom stereocenters. The molecule has 0 saturated heterocycles. The van der Waals surface area contributed by atoms with Gasteiger partial charge in [0.15, 0.2) is 5.82 Å². The van der Waals surface area contributed by atoms with E-state index in [1.807, 2.05) is 0 Å². The molecular formula is C10H14FNO4S. The van der Waals surface area contributed by atoms with Crippen LogP contribution in [0.1, 0.15) is 6.42 Å². The molecule has 1 aromatic carbocycles. The zero-order valence-corrected chi connectivity index (χ0v) is 10.1. The van der Waals surface area contributed by atoms with Crippen LogP contribution >= 0.6 is 0 Å². The van der Waals surface area contributed by atoms with Gasteiger partial charge in [-0.15, -0.1) is 0 Å². The number of rotatable bonds is 6. The van der Waals surface area contributed by atoms with Crippen molar-refractivity contribution < 1.29 is 22.7 Å². The summed E-state index contributed by atoms with van der Waals surface area (Å²) in [6, 6.07) is 3.21. The topological polar surface area (TPSA) is 75.6 Å². The van der Waals surface area contributed by atoms with Gasteiger partial charge in [-0.3, -0.25) is 4.72 Å². The lowest BCUT2D eigenvalue weighted by Gasteiger charge is -2.08. The van der Waals surface area contributed by atoms with Gasteiger partial charge in [-0.1, -0.05) is 0 Å². The Balaban J connectivity index is 2.69. The van der Waals surface area contributed by atoms with Gasteiger partial charge >= 0.3 is 0 Å². The highest BCUT2D eigenvalue weighted by Gasteiger charge is 2.13. The van der Waals surface area contributed by atoms with Gasteiger partial charge in [0.2, 0.25) is 10.0 Å². The fraction of sp³-hybridized carbons (Fsp3) is 0.400. The predicted molar refractivity (Wildman–Crippen MR) is 62.0 cm³/mol. The van der Waals surface area contributed by atoms with Crippen molar-refractivity contribution in [2.75, 3.05) is 24.2 Å². The molecule has 2 N–H and O–H groups in total. The molecule has 7 heteroatoms. The summed E-state index contributed by atoms with van der Waals surface area (Å²) in [6.07, 6.45) is 0.325. The van der Waals surface area contributed by atoms with Crippen LogP contribution in [0.4, 0.5) is 10.1 Å². The molecular weight excluding hydrogens is 249 g/mol. The Morgan fingerprint density at radius 1 is 1.47 bits per heavy atom. The molecule has 0 aliphatic rings. The van der Waals surface area contributed by atoms with Crippen LogP contribution in [0, 0.1) is 5.82 Å². The molecule has 0 aliphatic heterocycles. The number of nitrogens with one attached hydrogen (secondary N) is 1. The van der Waals surface area contributed by atoms with Crippen LogP contribution in [0.15, 0.2) is 18.2 Å². The van der Waals surface area contributed by atoms with Crippen molar-refractivity contribution in [3.05, 3.63) is 24.0 Å². The Morgan fingerprint density at radius 3 is 2.76 bits per heavy atom. The minimum absolute atomic E-state index is 0.152. The van der Waals surface area contributed by atoms with Crippen LogP contribution in [0.2, 0.25) is 0 Å². The minimum Gasteiger partial charge on any atom is -0.508 e.